The van der Waals surface area contributed by atoms with Crippen LogP contribution >= 0.6 is 11.3 Å². The number of anilines is 2. The highest BCUT2D eigenvalue weighted by molar-refractivity contribution is 7.16. The fourth-order valence-electron chi connectivity index (χ4n) is 4.94. The maximum Gasteiger partial charge on any atom is 0.274 e. The molecule has 0 spiro atoms. The zero-order valence-corrected chi connectivity index (χ0v) is 21.2. The molecule has 36 heavy (non-hydrogen) atoms. The lowest BCUT2D eigenvalue weighted by atomic mass is 9.97. The van der Waals surface area contributed by atoms with Gasteiger partial charge >= 0.3 is 0 Å². The van der Waals surface area contributed by atoms with Crippen LogP contribution in [0.1, 0.15) is 39.3 Å². The maximum absolute atomic E-state index is 14.4. The fourth-order valence-corrected chi connectivity index (χ4v) is 5.97. The first kappa shape index (κ1) is 24.2. The number of aromatic nitrogens is 1. The average molecular weight is 503 g/mol. The molecule has 0 bridgehead atoms. The van der Waals surface area contributed by atoms with Gasteiger partial charge in [-0.3, -0.25) is 9.69 Å². The van der Waals surface area contributed by atoms with E-state index >= 15 is 0 Å². The summed E-state index contributed by atoms with van der Waals surface area (Å²) in [5.41, 5.74) is 2.61. The van der Waals surface area contributed by atoms with Crippen LogP contribution in [0.2, 0.25) is 0 Å². The lowest BCUT2D eigenvalue weighted by molar-refractivity contribution is -0.926. The molecule has 0 unspecified atom stereocenters. The van der Waals surface area contributed by atoms with E-state index in [1.54, 1.807) is 23.5 Å². The number of amides is 1. The Labute approximate surface area is 215 Å². The van der Waals surface area contributed by atoms with E-state index in [4.69, 9.17) is 0 Å². The van der Waals surface area contributed by atoms with Crippen molar-refractivity contribution in [2.75, 3.05) is 36.4 Å². The number of hydrogen-bond donors (Lipinski definition) is 2. The van der Waals surface area contributed by atoms with E-state index in [1.807, 2.05) is 54.7 Å². The quantitative estimate of drug-likeness (QED) is 0.401. The summed E-state index contributed by atoms with van der Waals surface area (Å²) >= 11 is 1.62. The van der Waals surface area contributed by atoms with Crippen LogP contribution in [0, 0.1) is 5.82 Å². The van der Waals surface area contributed by atoms with Crippen molar-refractivity contribution in [3.05, 3.63) is 112 Å². The summed E-state index contributed by atoms with van der Waals surface area (Å²) < 4.78 is 14.4. The van der Waals surface area contributed by atoms with Gasteiger partial charge in [0.15, 0.2) is 0 Å². The van der Waals surface area contributed by atoms with E-state index in [0.717, 1.165) is 54.5 Å². The van der Waals surface area contributed by atoms with Crippen molar-refractivity contribution in [2.24, 2.45) is 0 Å². The van der Waals surface area contributed by atoms with Gasteiger partial charge in [-0.1, -0.05) is 43.3 Å². The van der Waals surface area contributed by atoms with Gasteiger partial charge in [-0.25, -0.2) is 9.37 Å². The largest absolute Gasteiger partial charge is 0.318 e. The summed E-state index contributed by atoms with van der Waals surface area (Å²) in [6, 6.07) is 24.4. The highest BCUT2D eigenvalue weighted by atomic mass is 32.1. The monoisotopic (exact) mass is 502 g/mol. The van der Waals surface area contributed by atoms with E-state index in [2.05, 4.69) is 34.3 Å². The third-order valence-electron chi connectivity index (χ3n) is 6.76. The van der Waals surface area contributed by atoms with Gasteiger partial charge in [0, 0.05) is 27.6 Å². The molecule has 1 atom stereocenters. The van der Waals surface area contributed by atoms with E-state index in [9.17, 15) is 9.18 Å². The number of piperazine rings is 1. The molecule has 0 saturated carbocycles. The third kappa shape index (κ3) is 5.32. The summed E-state index contributed by atoms with van der Waals surface area (Å²) in [7, 11) is 0. The summed E-state index contributed by atoms with van der Waals surface area (Å²) in [6.07, 6.45) is 2.82. The molecule has 4 aromatic rings. The van der Waals surface area contributed by atoms with Crippen LogP contribution in [0.4, 0.5) is 15.2 Å². The molecule has 2 aromatic carbocycles. The molecule has 1 saturated heterocycles. The minimum absolute atomic E-state index is 0.0785. The normalized spacial score (nSPS) is 15.0. The molecule has 0 aliphatic carbocycles. The van der Waals surface area contributed by atoms with Crippen molar-refractivity contribution >= 4 is 28.1 Å². The Morgan fingerprint density at radius 1 is 1.06 bits per heavy atom. The molecule has 5 nitrogen and oxygen atoms in total. The van der Waals surface area contributed by atoms with Crippen molar-refractivity contribution in [3.8, 4) is 0 Å². The lowest BCUT2D eigenvalue weighted by Crippen LogP contribution is -3.15. The van der Waals surface area contributed by atoms with Gasteiger partial charge in [0.25, 0.3) is 11.7 Å². The van der Waals surface area contributed by atoms with Crippen LogP contribution < -0.4 is 20.1 Å². The number of nitrogens with one attached hydrogen (secondary N) is 3. The van der Waals surface area contributed by atoms with Crippen molar-refractivity contribution < 1.29 is 19.1 Å². The van der Waals surface area contributed by atoms with Crippen molar-refractivity contribution in [3.63, 3.8) is 0 Å². The van der Waals surface area contributed by atoms with Crippen LogP contribution in [0.25, 0.3) is 0 Å². The molecule has 5 rings (SSSR count). The smallest absolute Gasteiger partial charge is 0.274 e. The second kappa shape index (κ2) is 11.0. The molecular formula is C29H31FN4OS+2. The van der Waals surface area contributed by atoms with E-state index in [1.165, 1.54) is 15.8 Å². The Kier molecular flexibility index (Phi) is 7.39. The number of benzene rings is 2. The van der Waals surface area contributed by atoms with Crippen molar-refractivity contribution in [1.29, 1.82) is 0 Å². The second-order valence-electron chi connectivity index (χ2n) is 9.05. The number of aromatic amines is 1. The minimum atomic E-state index is -0.241. The summed E-state index contributed by atoms with van der Waals surface area (Å²) in [5.74, 6) is 0.743. The minimum Gasteiger partial charge on any atom is -0.318 e. The number of nitrogens with zero attached hydrogens (tertiary/aromatic N) is 1. The number of hydrogen-bond acceptors (Lipinski definition) is 3. The number of rotatable bonds is 7. The summed E-state index contributed by atoms with van der Waals surface area (Å²) in [4.78, 5) is 21.3. The average Bonchev–Trinajstić information content (AvgIpc) is 3.32. The first-order valence-electron chi connectivity index (χ1n) is 12.4. The Bertz CT molecular complexity index is 1300. The Balaban J connectivity index is 1.47. The molecular weight excluding hydrogens is 471 g/mol. The number of thiophene rings is 1. The zero-order valence-electron chi connectivity index (χ0n) is 20.3. The van der Waals surface area contributed by atoms with Gasteiger partial charge in [-0.05, 0) is 42.8 Å². The Morgan fingerprint density at radius 3 is 2.53 bits per heavy atom. The molecule has 1 aliphatic rings. The number of quaternary nitrogens is 1. The van der Waals surface area contributed by atoms with Crippen LogP contribution in [-0.4, -0.2) is 32.1 Å². The van der Waals surface area contributed by atoms with Gasteiger partial charge in [0.2, 0.25) is 0 Å². The zero-order chi connectivity index (χ0) is 24.9. The number of halogens is 1. The highest BCUT2D eigenvalue weighted by Gasteiger charge is 2.35. The van der Waals surface area contributed by atoms with Crippen molar-refractivity contribution in [1.82, 2.24) is 0 Å². The predicted molar refractivity (Wildman–Crippen MR) is 142 cm³/mol. The van der Waals surface area contributed by atoms with Gasteiger partial charge in [0.1, 0.15) is 43.0 Å². The number of carbonyl (C=O) groups is 1. The molecule has 184 valence electrons. The molecule has 1 aliphatic heterocycles. The topological polar surface area (TPSA) is 50.9 Å². The van der Waals surface area contributed by atoms with Crippen molar-refractivity contribution in [2.45, 2.75) is 19.4 Å². The van der Waals surface area contributed by atoms with Gasteiger partial charge in [-0.2, -0.15) is 0 Å². The molecule has 3 N–H and O–H groups in total. The lowest BCUT2D eigenvalue weighted by Gasteiger charge is -2.34. The molecule has 2 aromatic heterocycles. The van der Waals surface area contributed by atoms with E-state index < -0.39 is 0 Å². The van der Waals surface area contributed by atoms with Crippen LogP contribution in [-0.2, 0) is 6.42 Å². The Morgan fingerprint density at radius 2 is 1.83 bits per heavy atom. The number of H-pyrrole nitrogens is 1. The molecule has 3 heterocycles. The molecule has 1 fully saturated rings. The second-order valence-corrected chi connectivity index (χ2v) is 10.2. The third-order valence-corrected chi connectivity index (χ3v) is 7.97. The van der Waals surface area contributed by atoms with E-state index in [-0.39, 0.29) is 17.8 Å². The molecule has 7 heteroatoms. The van der Waals surface area contributed by atoms with E-state index in [0.29, 0.717) is 5.56 Å². The number of carbonyl (C=O) groups excluding carboxylic acids is 1. The Hall–Kier alpha value is -3.55. The highest BCUT2D eigenvalue weighted by Crippen LogP contribution is 2.35. The summed E-state index contributed by atoms with van der Waals surface area (Å²) in [6.45, 7) is 5.69. The SMILES string of the molecule is CCc1cc([C@H](c2cccc(F)c2)[NH+]2CCN(c3cccc[nH+]3)CC2)c(NC(=O)c2ccccc2)s1. The molecule has 0 radical (unpaired) electrons. The van der Waals surface area contributed by atoms with Crippen LogP contribution in [0.3, 0.4) is 0 Å². The number of aryl methyl sites for hydroxylation is 1. The van der Waals surface area contributed by atoms with Crippen LogP contribution in [0.5, 0.6) is 0 Å². The van der Waals surface area contributed by atoms with Gasteiger partial charge in [0.05, 0.1) is 6.20 Å². The van der Waals surface area contributed by atoms with Gasteiger partial charge in [-0.15, -0.1) is 11.3 Å². The fraction of sp³-hybridized carbons (Fsp3) is 0.241. The predicted octanol–water partition coefficient (Wildman–Crippen LogP) is 4.01. The van der Waals surface area contributed by atoms with Gasteiger partial charge < -0.3 is 10.2 Å². The van der Waals surface area contributed by atoms with Crippen LogP contribution in [0.15, 0.2) is 85.1 Å². The number of pyridine rings is 1. The summed E-state index contributed by atoms with van der Waals surface area (Å²) in [5, 5.41) is 4.03. The first-order valence-corrected chi connectivity index (χ1v) is 13.2. The standard InChI is InChI=1S/C29H29FN4OS/c1-2-24-20-25(29(36-24)32-28(35)21-9-4-3-5-10-21)27(22-11-8-12-23(30)19-22)34-17-15-33(16-18-34)26-13-6-7-14-31-26/h3-14,19-20,27H,2,15-18H2,1H3,(H,32,35)/p+2/t27-/m0/s1. The molecule has 1 amide bonds. The first-order chi connectivity index (χ1) is 17.6. The maximum atomic E-state index is 14.4.